The van der Waals surface area contributed by atoms with E-state index in [0.717, 1.165) is 0 Å². The summed E-state index contributed by atoms with van der Waals surface area (Å²) in [6, 6.07) is 0. The van der Waals surface area contributed by atoms with Gasteiger partial charge in [0, 0.05) is 0 Å². The molecule has 1 N–H and O–H groups in total. The minimum Gasteiger partial charge on any atom is -0.391 e. The molecule has 4 heteroatoms. The lowest BCUT2D eigenvalue weighted by Crippen LogP contribution is -2.06. The van der Waals surface area contributed by atoms with Crippen LogP contribution in [0.4, 0.5) is 4.39 Å². The Morgan fingerprint density at radius 1 is 1.67 bits per heavy atom. The lowest BCUT2D eigenvalue weighted by Gasteiger charge is -2.00. The number of rotatable bonds is 1. The third kappa shape index (κ3) is 4.85. The highest BCUT2D eigenvalue weighted by molar-refractivity contribution is 9.25. The second-order valence-corrected chi connectivity index (χ2v) is 4.35. The first-order valence-electron chi connectivity index (χ1n) is 1.24. The van der Waals surface area contributed by atoms with E-state index in [-0.39, 0.29) is 0 Å². The summed E-state index contributed by atoms with van der Waals surface area (Å²) in [6.07, 6.45) is 0. The number of hydrogen-bond acceptors (Lipinski definition) is 1. The highest BCUT2D eigenvalue weighted by atomic mass is 79.9. The van der Waals surface area contributed by atoms with E-state index in [1.54, 1.807) is 0 Å². The first-order valence-corrected chi connectivity index (χ1v) is 2.82. The maximum absolute atomic E-state index is 11.7. The Balaban J connectivity index is 3.17. The summed E-state index contributed by atoms with van der Waals surface area (Å²) >= 11 is 4.95. The molecule has 0 aromatic rings. The smallest absolute Gasteiger partial charge is 0.241 e. The summed E-state index contributed by atoms with van der Waals surface area (Å²) < 4.78 is 9.92. The summed E-state index contributed by atoms with van der Waals surface area (Å²) in [7, 11) is 0. The Hall–Kier alpha value is 0.850. The van der Waals surface area contributed by atoms with Crippen LogP contribution in [-0.4, -0.2) is 15.2 Å². The predicted octanol–water partition coefficient (Wildman–Crippen LogP) is 1.39. The quantitative estimate of drug-likeness (QED) is 0.664. The van der Waals surface area contributed by atoms with Crippen molar-refractivity contribution in [2.45, 2.75) is 3.49 Å². The van der Waals surface area contributed by atoms with Gasteiger partial charge < -0.3 is 5.11 Å². The van der Waals surface area contributed by atoms with E-state index < -0.39 is 10.1 Å². The van der Waals surface area contributed by atoms with Crippen LogP contribution in [-0.2, 0) is 0 Å². The number of hydrogen-bond donors (Lipinski definition) is 1. The monoisotopic (exact) mass is 220 g/mol. The van der Waals surface area contributed by atoms with Crippen LogP contribution in [0, 0.1) is 0 Å². The van der Waals surface area contributed by atoms with Gasteiger partial charge in [-0.3, -0.25) is 0 Å². The van der Waals surface area contributed by atoms with Crippen molar-refractivity contribution in [3.05, 3.63) is 0 Å². The molecule has 0 spiro atoms. The largest absolute Gasteiger partial charge is 0.391 e. The maximum Gasteiger partial charge on any atom is 0.241 e. The molecule has 0 amide bonds. The van der Waals surface area contributed by atoms with Gasteiger partial charge in [0.2, 0.25) is 3.49 Å². The van der Waals surface area contributed by atoms with Crippen LogP contribution in [0.1, 0.15) is 0 Å². The molecule has 0 radical (unpaired) electrons. The van der Waals surface area contributed by atoms with Crippen molar-refractivity contribution in [3.63, 3.8) is 0 Å². The van der Waals surface area contributed by atoms with Gasteiger partial charge >= 0.3 is 0 Å². The second kappa shape index (κ2) is 2.23. The molecule has 0 aliphatic rings. The number of aliphatic hydroxyl groups excluding tert-OH is 1. The average molecular weight is 222 g/mol. The van der Waals surface area contributed by atoms with Crippen LogP contribution >= 0.6 is 31.9 Å². The minimum atomic E-state index is -1.78. The molecular formula is C2H3Br2FO. The van der Waals surface area contributed by atoms with Gasteiger partial charge in [0.15, 0.2) is 0 Å². The Kier molecular flexibility index (Phi) is 2.55. The molecule has 0 aliphatic heterocycles. The van der Waals surface area contributed by atoms with Gasteiger partial charge in [0.25, 0.3) is 0 Å². The van der Waals surface area contributed by atoms with Gasteiger partial charge in [-0.15, -0.1) is 0 Å². The predicted molar refractivity (Wildman–Crippen MR) is 28.8 cm³/mol. The molecule has 0 heterocycles. The molecular weight excluding hydrogens is 219 g/mol. The third-order valence-electron chi connectivity index (χ3n) is 0.179. The van der Waals surface area contributed by atoms with Gasteiger partial charge in [0.1, 0.15) is 0 Å². The molecule has 0 rings (SSSR count). The molecule has 0 aliphatic carbocycles. The number of aliphatic hydroxyl groups is 1. The fourth-order valence-electron chi connectivity index (χ4n) is 0. The standard InChI is InChI=1S/C2H3Br2FO/c3-2(4,5)1-6/h6H,1H2. The molecule has 38 valence electrons. The van der Waals surface area contributed by atoms with Crippen molar-refractivity contribution in [2.75, 3.05) is 6.61 Å². The van der Waals surface area contributed by atoms with Crippen LogP contribution in [0.5, 0.6) is 0 Å². The highest BCUT2D eigenvalue weighted by Gasteiger charge is 2.17. The zero-order valence-corrected chi connectivity index (χ0v) is 5.96. The third-order valence-corrected chi connectivity index (χ3v) is 0.681. The van der Waals surface area contributed by atoms with E-state index in [4.69, 9.17) is 5.11 Å². The minimum absolute atomic E-state index is 0.562. The lowest BCUT2D eigenvalue weighted by molar-refractivity contribution is 0.222. The van der Waals surface area contributed by atoms with E-state index in [2.05, 4.69) is 31.9 Å². The van der Waals surface area contributed by atoms with E-state index in [0.29, 0.717) is 0 Å². The maximum atomic E-state index is 11.7. The van der Waals surface area contributed by atoms with Gasteiger partial charge in [-0.2, -0.15) is 0 Å². The summed E-state index contributed by atoms with van der Waals surface area (Å²) in [5, 5.41) is 7.93. The van der Waals surface area contributed by atoms with Crippen LogP contribution in [0.15, 0.2) is 0 Å². The average Bonchev–Trinajstić information content (AvgIpc) is 1.35. The van der Waals surface area contributed by atoms with Crippen molar-refractivity contribution in [1.29, 1.82) is 0 Å². The van der Waals surface area contributed by atoms with Gasteiger partial charge in [-0.05, 0) is 31.9 Å². The van der Waals surface area contributed by atoms with E-state index >= 15 is 0 Å². The van der Waals surface area contributed by atoms with Crippen LogP contribution in [0.2, 0.25) is 0 Å². The van der Waals surface area contributed by atoms with Crippen molar-refractivity contribution in [3.8, 4) is 0 Å². The normalized spacial score (nSPS) is 12.0. The lowest BCUT2D eigenvalue weighted by atomic mass is 10.8. The van der Waals surface area contributed by atoms with Crippen molar-refractivity contribution in [1.82, 2.24) is 0 Å². The molecule has 0 bridgehead atoms. The second-order valence-electron chi connectivity index (χ2n) is 0.773. The van der Waals surface area contributed by atoms with Gasteiger partial charge in [-0.1, -0.05) is 0 Å². The number of alkyl halides is 3. The van der Waals surface area contributed by atoms with Gasteiger partial charge in [-0.25, -0.2) is 4.39 Å². The summed E-state index contributed by atoms with van der Waals surface area (Å²) in [5.41, 5.74) is 0. The SMILES string of the molecule is OCC(F)(Br)Br. The van der Waals surface area contributed by atoms with Crippen LogP contribution < -0.4 is 0 Å². The Morgan fingerprint density at radius 3 is 1.83 bits per heavy atom. The number of halogens is 3. The Labute approximate surface area is 51.8 Å². The molecule has 0 saturated carbocycles. The highest BCUT2D eigenvalue weighted by Crippen LogP contribution is 2.25. The van der Waals surface area contributed by atoms with E-state index in [1.807, 2.05) is 0 Å². The Morgan fingerprint density at radius 2 is 1.83 bits per heavy atom. The summed E-state index contributed by atoms with van der Waals surface area (Å²) in [6.45, 7) is -0.562. The topological polar surface area (TPSA) is 20.2 Å². The molecule has 1 nitrogen and oxygen atoms in total. The van der Waals surface area contributed by atoms with Gasteiger partial charge in [0.05, 0.1) is 6.61 Å². The van der Waals surface area contributed by atoms with Crippen molar-refractivity contribution in [2.24, 2.45) is 0 Å². The Bertz CT molecular complexity index is 41.3. The molecule has 0 aromatic heterocycles. The summed E-state index contributed by atoms with van der Waals surface area (Å²) in [5.74, 6) is 0. The fraction of sp³-hybridized carbons (Fsp3) is 1.00. The van der Waals surface area contributed by atoms with Crippen molar-refractivity contribution < 1.29 is 9.50 Å². The molecule has 0 aromatic carbocycles. The first kappa shape index (κ1) is 6.85. The zero-order valence-electron chi connectivity index (χ0n) is 2.79. The van der Waals surface area contributed by atoms with Crippen LogP contribution in [0.3, 0.4) is 0 Å². The zero-order chi connectivity index (χ0) is 5.21. The molecule has 0 saturated heterocycles. The molecule has 0 atom stereocenters. The van der Waals surface area contributed by atoms with E-state index in [1.165, 1.54) is 0 Å². The van der Waals surface area contributed by atoms with E-state index in [9.17, 15) is 4.39 Å². The first-order chi connectivity index (χ1) is 2.56. The molecule has 0 fully saturated rings. The van der Waals surface area contributed by atoms with Crippen molar-refractivity contribution >= 4 is 31.9 Å². The van der Waals surface area contributed by atoms with Crippen LogP contribution in [0.25, 0.3) is 0 Å². The molecule has 0 unspecified atom stereocenters. The fourth-order valence-corrected chi connectivity index (χ4v) is 0. The molecule has 6 heavy (non-hydrogen) atoms. The summed E-state index contributed by atoms with van der Waals surface area (Å²) in [4.78, 5) is 0.